The Morgan fingerprint density at radius 2 is 1.75 bits per heavy atom. The van der Waals surface area contributed by atoms with Crippen molar-refractivity contribution in [3.05, 3.63) is 0 Å². The van der Waals surface area contributed by atoms with Gasteiger partial charge < -0.3 is 9.80 Å². The summed E-state index contributed by atoms with van der Waals surface area (Å²) in [5.74, 6) is 0. The Hall–Kier alpha value is -0.120. The van der Waals surface area contributed by atoms with Gasteiger partial charge in [-0.15, -0.1) is 0 Å². The quantitative estimate of drug-likeness (QED) is 0.568. The van der Waals surface area contributed by atoms with Crippen molar-refractivity contribution in [2.24, 2.45) is 0 Å². The molecule has 3 heteroatoms. The van der Waals surface area contributed by atoms with Gasteiger partial charge in [0.25, 0.3) is 0 Å². The van der Waals surface area contributed by atoms with Crippen molar-refractivity contribution in [2.45, 2.75) is 12.8 Å². The monoisotopic (exact) mass is 170 g/mol. The van der Waals surface area contributed by atoms with Gasteiger partial charge in [-0.1, -0.05) is 0 Å². The van der Waals surface area contributed by atoms with E-state index in [0.717, 1.165) is 6.42 Å². The Labute approximate surface area is 75.5 Å². The molecule has 0 aromatic carbocycles. The first-order valence-electron chi connectivity index (χ1n) is 4.88. The number of piperazine rings is 1. The zero-order valence-electron chi connectivity index (χ0n) is 8.05. The second kappa shape index (κ2) is 5.51. The van der Waals surface area contributed by atoms with E-state index in [2.05, 4.69) is 16.8 Å². The van der Waals surface area contributed by atoms with E-state index in [1.807, 2.05) is 0 Å². The summed E-state index contributed by atoms with van der Waals surface area (Å²) in [6.45, 7) is 6.64. The average Bonchev–Trinajstić information content (AvgIpc) is 2.09. The van der Waals surface area contributed by atoms with Gasteiger partial charge in [0.1, 0.15) is 0 Å². The van der Waals surface area contributed by atoms with Gasteiger partial charge in [-0.25, -0.2) is 0 Å². The van der Waals surface area contributed by atoms with Crippen LogP contribution in [0.5, 0.6) is 0 Å². The molecule has 0 saturated carbocycles. The fourth-order valence-corrected chi connectivity index (χ4v) is 1.53. The van der Waals surface area contributed by atoms with E-state index in [9.17, 15) is 0 Å². The normalized spacial score (nSPS) is 21.5. The summed E-state index contributed by atoms with van der Waals surface area (Å²) < 4.78 is 0. The Bertz CT molecular complexity index is 108. The predicted molar refractivity (Wildman–Crippen MR) is 51.1 cm³/mol. The zero-order chi connectivity index (χ0) is 8.81. The molecule has 0 aromatic rings. The summed E-state index contributed by atoms with van der Waals surface area (Å²) in [5, 5.41) is 0. The van der Waals surface area contributed by atoms with E-state index in [-0.39, 0.29) is 0 Å². The molecular formula is C9H20N3. The molecule has 1 N–H and O–H groups in total. The second-order valence-corrected chi connectivity index (χ2v) is 3.60. The Morgan fingerprint density at radius 3 is 2.33 bits per heavy atom. The van der Waals surface area contributed by atoms with Gasteiger partial charge in [0, 0.05) is 32.7 Å². The minimum absolute atomic E-state index is 0.591. The van der Waals surface area contributed by atoms with Crippen LogP contribution in [0.1, 0.15) is 12.8 Å². The number of likely N-dealkylation sites (N-methyl/N-ethyl adjacent to an activating group) is 1. The topological polar surface area (TPSA) is 30.3 Å². The molecule has 0 amide bonds. The lowest BCUT2D eigenvalue weighted by molar-refractivity contribution is 0.152. The fraction of sp³-hybridized carbons (Fsp3) is 1.00. The minimum atomic E-state index is 0.591. The fourth-order valence-electron chi connectivity index (χ4n) is 1.53. The minimum Gasteiger partial charge on any atom is -0.304 e. The SMILES string of the molecule is CN1CCN(CCCC[NH])CC1. The maximum atomic E-state index is 7.03. The molecule has 0 spiro atoms. The van der Waals surface area contributed by atoms with Crippen LogP contribution in [0.25, 0.3) is 0 Å². The first-order chi connectivity index (χ1) is 5.83. The highest BCUT2D eigenvalue weighted by molar-refractivity contribution is 4.68. The predicted octanol–water partition coefficient (Wildman–Crippen LogP) is 0.297. The van der Waals surface area contributed by atoms with Gasteiger partial charge >= 0.3 is 0 Å². The largest absolute Gasteiger partial charge is 0.304 e. The van der Waals surface area contributed by atoms with Gasteiger partial charge in [0.05, 0.1) is 0 Å². The highest BCUT2D eigenvalue weighted by atomic mass is 15.2. The summed E-state index contributed by atoms with van der Waals surface area (Å²) >= 11 is 0. The molecule has 1 aliphatic heterocycles. The van der Waals surface area contributed by atoms with Crippen LogP contribution >= 0.6 is 0 Å². The Kier molecular flexibility index (Phi) is 4.58. The summed E-state index contributed by atoms with van der Waals surface area (Å²) in [4.78, 5) is 4.89. The van der Waals surface area contributed by atoms with Crippen molar-refractivity contribution in [1.82, 2.24) is 15.5 Å². The lowest BCUT2D eigenvalue weighted by Gasteiger charge is -2.32. The van der Waals surface area contributed by atoms with E-state index in [0.29, 0.717) is 6.54 Å². The molecule has 1 aliphatic rings. The van der Waals surface area contributed by atoms with E-state index in [4.69, 9.17) is 5.73 Å². The molecule has 0 bridgehead atoms. The Morgan fingerprint density at radius 1 is 1.08 bits per heavy atom. The summed E-state index contributed by atoms with van der Waals surface area (Å²) in [6.07, 6.45) is 2.26. The molecule has 1 radical (unpaired) electrons. The van der Waals surface area contributed by atoms with Crippen molar-refractivity contribution in [3.8, 4) is 0 Å². The smallest absolute Gasteiger partial charge is 0.0110 e. The van der Waals surface area contributed by atoms with Gasteiger partial charge in [0.2, 0.25) is 0 Å². The van der Waals surface area contributed by atoms with Crippen molar-refractivity contribution in [3.63, 3.8) is 0 Å². The highest BCUT2D eigenvalue weighted by Crippen LogP contribution is 2.00. The molecule has 0 aliphatic carbocycles. The molecule has 0 atom stereocenters. The highest BCUT2D eigenvalue weighted by Gasteiger charge is 2.12. The van der Waals surface area contributed by atoms with Crippen molar-refractivity contribution in [1.29, 1.82) is 0 Å². The van der Waals surface area contributed by atoms with E-state index >= 15 is 0 Å². The number of unbranched alkanes of at least 4 members (excludes halogenated alkanes) is 1. The van der Waals surface area contributed by atoms with Gasteiger partial charge in [-0.3, -0.25) is 5.73 Å². The maximum absolute atomic E-state index is 7.03. The number of rotatable bonds is 4. The average molecular weight is 170 g/mol. The molecule has 3 nitrogen and oxygen atoms in total. The van der Waals surface area contributed by atoms with Crippen LogP contribution in [0.2, 0.25) is 0 Å². The molecule has 1 rings (SSSR count). The van der Waals surface area contributed by atoms with Crippen LogP contribution in [0, 0.1) is 0 Å². The lowest BCUT2D eigenvalue weighted by atomic mass is 10.2. The first-order valence-corrected chi connectivity index (χ1v) is 4.88. The van der Waals surface area contributed by atoms with Gasteiger partial charge in [0.15, 0.2) is 0 Å². The van der Waals surface area contributed by atoms with Crippen molar-refractivity contribution in [2.75, 3.05) is 46.3 Å². The third-order valence-electron chi connectivity index (χ3n) is 2.50. The lowest BCUT2D eigenvalue weighted by Crippen LogP contribution is -2.44. The molecule has 0 unspecified atom stereocenters. The van der Waals surface area contributed by atoms with Crippen molar-refractivity contribution >= 4 is 0 Å². The molecular weight excluding hydrogens is 150 g/mol. The number of hydrogen-bond acceptors (Lipinski definition) is 2. The summed E-state index contributed by atoms with van der Waals surface area (Å²) in [5.41, 5.74) is 7.03. The second-order valence-electron chi connectivity index (χ2n) is 3.60. The van der Waals surface area contributed by atoms with E-state index in [1.54, 1.807) is 0 Å². The van der Waals surface area contributed by atoms with Crippen LogP contribution in [0.3, 0.4) is 0 Å². The van der Waals surface area contributed by atoms with Gasteiger partial charge in [-0.2, -0.15) is 0 Å². The molecule has 71 valence electrons. The zero-order valence-corrected chi connectivity index (χ0v) is 8.05. The maximum Gasteiger partial charge on any atom is 0.0110 e. The molecule has 1 fully saturated rings. The van der Waals surface area contributed by atoms with Crippen LogP contribution in [0.4, 0.5) is 0 Å². The summed E-state index contributed by atoms with van der Waals surface area (Å²) in [7, 11) is 2.18. The molecule has 0 aromatic heterocycles. The number of hydrogen-bond donors (Lipinski definition) is 0. The van der Waals surface area contributed by atoms with E-state index < -0.39 is 0 Å². The third-order valence-corrected chi connectivity index (χ3v) is 2.50. The van der Waals surface area contributed by atoms with Crippen LogP contribution < -0.4 is 5.73 Å². The molecule has 1 heterocycles. The molecule has 12 heavy (non-hydrogen) atoms. The Balaban J connectivity index is 2.01. The van der Waals surface area contributed by atoms with E-state index in [1.165, 1.54) is 39.1 Å². The van der Waals surface area contributed by atoms with Crippen molar-refractivity contribution < 1.29 is 0 Å². The summed E-state index contributed by atoms with van der Waals surface area (Å²) in [6, 6.07) is 0. The number of nitrogens with zero attached hydrogens (tertiary/aromatic N) is 2. The number of nitrogens with one attached hydrogen (secondary N) is 1. The van der Waals surface area contributed by atoms with Crippen LogP contribution in [-0.4, -0.2) is 56.1 Å². The van der Waals surface area contributed by atoms with Gasteiger partial charge in [-0.05, 0) is 26.4 Å². The van der Waals surface area contributed by atoms with Crippen LogP contribution in [-0.2, 0) is 0 Å². The first kappa shape index (κ1) is 9.96. The molecule has 1 saturated heterocycles. The van der Waals surface area contributed by atoms with Crippen LogP contribution in [0.15, 0.2) is 0 Å². The third kappa shape index (κ3) is 3.52. The standard InChI is InChI=1S/C9H20N3/c1-11-6-8-12(9-7-11)5-3-2-4-10/h10H,2-9H2,1H3.